The Morgan fingerprint density at radius 3 is 2.63 bits per heavy atom. The zero-order valence-corrected chi connectivity index (χ0v) is 10.5. The first-order valence-electron chi connectivity index (χ1n) is 6.23. The minimum absolute atomic E-state index is 0.329. The fourth-order valence-corrected chi connectivity index (χ4v) is 2.13. The molecule has 1 heterocycles. The van der Waals surface area contributed by atoms with Crippen molar-refractivity contribution in [3.05, 3.63) is 35.9 Å². The lowest BCUT2D eigenvalue weighted by Gasteiger charge is -2.21. The number of benzene rings is 1. The Kier molecular flexibility index (Phi) is 4.41. The number of amides is 2. The molecule has 0 spiro atoms. The second-order valence-electron chi connectivity index (χ2n) is 4.39. The molecule has 2 rings (SSSR count). The average molecular weight is 259 g/mol. The summed E-state index contributed by atoms with van der Waals surface area (Å²) in [5.74, 6) is -0.808. The highest BCUT2D eigenvalue weighted by Crippen LogP contribution is 2.11. The molecule has 1 radical (unpaired) electrons. The maximum atomic E-state index is 12.2. The molecule has 1 atom stereocenters. The monoisotopic (exact) mass is 259 g/mol. The van der Waals surface area contributed by atoms with Crippen molar-refractivity contribution in [3.8, 4) is 0 Å². The summed E-state index contributed by atoms with van der Waals surface area (Å²) in [5.41, 5.74) is 0.393. The van der Waals surface area contributed by atoms with Crippen molar-refractivity contribution in [2.24, 2.45) is 0 Å². The number of nitrogens with zero attached hydrogens (tertiary/aromatic N) is 1. The topological polar surface area (TPSA) is 66.5 Å². The highest BCUT2D eigenvalue weighted by atomic mass is 16.2. The molecule has 2 amide bonds. The summed E-state index contributed by atoms with van der Waals surface area (Å²) < 4.78 is 0. The van der Waals surface area contributed by atoms with Crippen LogP contribution in [0.25, 0.3) is 0 Å². The fourth-order valence-electron chi connectivity index (χ4n) is 2.13. The summed E-state index contributed by atoms with van der Waals surface area (Å²) in [6, 6.07) is 8.09. The normalized spacial score (nSPS) is 18.0. The van der Waals surface area contributed by atoms with Gasteiger partial charge in [0.2, 0.25) is 12.2 Å². The third-order valence-electron chi connectivity index (χ3n) is 3.11. The highest BCUT2D eigenvalue weighted by molar-refractivity contribution is 6.07. The predicted molar refractivity (Wildman–Crippen MR) is 69.2 cm³/mol. The van der Waals surface area contributed by atoms with Crippen LogP contribution in [0.15, 0.2) is 30.3 Å². The van der Waals surface area contributed by atoms with Crippen LogP contribution in [0.1, 0.15) is 23.2 Å². The third-order valence-corrected chi connectivity index (χ3v) is 3.11. The van der Waals surface area contributed by atoms with E-state index in [-0.39, 0.29) is 18.5 Å². The first-order chi connectivity index (χ1) is 9.24. The SMILES string of the molecule is O=[C]CN(C(=O)c1ccccc1)C(=O)[C@@H]1CCCN1. The van der Waals surface area contributed by atoms with Gasteiger partial charge in [-0.25, -0.2) is 0 Å². The molecule has 1 aliphatic rings. The maximum Gasteiger partial charge on any atom is 0.260 e. The molecule has 99 valence electrons. The fraction of sp³-hybridized carbons (Fsp3) is 0.357. The summed E-state index contributed by atoms with van der Waals surface area (Å²) in [6.45, 7) is 0.430. The molecule has 0 unspecified atom stereocenters. The number of carbonyl (C=O) groups is 2. The Labute approximate surface area is 111 Å². The second kappa shape index (κ2) is 6.24. The summed E-state index contributed by atoms with van der Waals surface area (Å²) in [5, 5.41) is 3.03. The van der Waals surface area contributed by atoms with Crippen LogP contribution in [0.3, 0.4) is 0 Å². The minimum Gasteiger partial charge on any atom is -0.306 e. The molecular formula is C14H15N2O3. The van der Waals surface area contributed by atoms with E-state index in [0.717, 1.165) is 17.9 Å². The van der Waals surface area contributed by atoms with Gasteiger partial charge in [-0.2, -0.15) is 0 Å². The van der Waals surface area contributed by atoms with Gasteiger partial charge in [-0.15, -0.1) is 0 Å². The van der Waals surface area contributed by atoms with Crippen molar-refractivity contribution in [1.29, 1.82) is 0 Å². The van der Waals surface area contributed by atoms with E-state index >= 15 is 0 Å². The number of hydrogen-bond donors (Lipinski definition) is 1. The van der Waals surface area contributed by atoms with E-state index < -0.39 is 5.91 Å². The number of rotatable bonds is 4. The van der Waals surface area contributed by atoms with Gasteiger partial charge in [-0.3, -0.25) is 19.3 Å². The van der Waals surface area contributed by atoms with Gasteiger partial charge in [-0.1, -0.05) is 18.2 Å². The molecule has 0 saturated carbocycles. The van der Waals surface area contributed by atoms with Gasteiger partial charge in [0.05, 0.1) is 12.6 Å². The molecule has 5 nitrogen and oxygen atoms in total. The highest BCUT2D eigenvalue weighted by Gasteiger charge is 2.30. The number of imide groups is 1. The third kappa shape index (κ3) is 3.06. The van der Waals surface area contributed by atoms with Crippen LogP contribution < -0.4 is 5.32 Å². The van der Waals surface area contributed by atoms with Gasteiger partial charge in [0.1, 0.15) is 0 Å². The van der Waals surface area contributed by atoms with E-state index in [4.69, 9.17) is 0 Å². The number of hydrogen-bond acceptors (Lipinski definition) is 4. The lowest BCUT2D eigenvalue weighted by atomic mass is 10.1. The van der Waals surface area contributed by atoms with E-state index in [2.05, 4.69) is 5.32 Å². The van der Waals surface area contributed by atoms with Crippen LogP contribution in [0.4, 0.5) is 0 Å². The van der Waals surface area contributed by atoms with Crippen LogP contribution in [0, 0.1) is 0 Å². The average Bonchev–Trinajstić information content (AvgIpc) is 2.98. The van der Waals surface area contributed by atoms with Gasteiger partial charge < -0.3 is 5.32 Å². The van der Waals surface area contributed by atoms with Gasteiger partial charge in [0.15, 0.2) is 0 Å². The molecular weight excluding hydrogens is 244 g/mol. The van der Waals surface area contributed by atoms with Crippen molar-refractivity contribution in [2.45, 2.75) is 18.9 Å². The standard InChI is InChI=1S/C14H15N2O3/c17-10-9-16(14(19)12-7-4-8-15-12)13(18)11-5-2-1-3-6-11/h1-3,5-6,12,15H,4,7-9H2/t12-/m0/s1. The smallest absolute Gasteiger partial charge is 0.260 e. The van der Waals surface area contributed by atoms with Gasteiger partial charge in [0, 0.05) is 5.56 Å². The van der Waals surface area contributed by atoms with Crippen molar-refractivity contribution in [1.82, 2.24) is 10.2 Å². The quantitative estimate of drug-likeness (QED) is 0.800. The molecule has 0 bridgehead atoms. The molecule has 0 aromatic heterocycles. The zero-order valence-electron chi connectivity index (χ0n) is 10.5. The summed E-state index contributed by atoms with van der Waals surface area (Å²) in [6.07, 6.45) is 3.22. The van der Waals surface area contributed by atoms with Crippen LogP contribution in [0.5, 0.6) is 0 Å². The van der Waals surface area contributed by atoms with E-state index in [1.54, 1.807) is 36.6 Å². The first kappa shape index (κ1) is 13.4. The first-order valence-corrected chi connectivity index (χ1v) is 6.23. The Morgan fingerprint density at radius 2 is 2.05 bits per heavy atom. The zero-order chi connectivity index (χ0) is 13.7. The molecule has 5 heteroatoms. The Morgan fingerprint density at radius 1 is 1.32 bits per heavy atom. The molecule has 1 aromatic carbocycles. The van der Waals surface area contributed by atoms with Crippen molar-refractivity contribution in [3.63, 3.8) is 0 Å². The Bertz CT molecular complexity index is 467. The number of nitrogens with one attached hydrogen (secondary N) is 1. The van der Waals surface area contributed by atoms with Crippen LogP contribution >= 0.6 is 0 Å². The predicted octanol–water partition coefficient (Wildman–Crippen LogP) is 0.517. The molecule has 19 heavy (non-hydrogen) atoms. The van der Waals surface area contributed by atoms with E-state index in [0.29, 0.717) is 12.0 Å². The van der Waals surface area contributed by atoms with Crippen molar-refractivity contribution < 1.29 is 14.4 Å². The van der Waals surface area contributed by atoms with E-state index in [1.807, 2.05) is 0 Å². The van der Waals surface area contributed by atoms with Crippen LogP contribution in [-0.4, -0.2) is 42.1 Å². The molecule has 1 fully saturated rings. The molecule has 1 N–H and O–H groups in total. The lowest BCUT2D eigenvalue weighted by Crippen LogP contribution is -2.47. The molecule has 0 aliphatic carbocycles. The van der Waals surface area contributed by atoms with E-state index in [1.165, 1.54) is 0 Å². The van der Waals surface area contributed by atoms with Crippen molar-refractivity contribution >= 4 is 18.1 Å². The summed E-state index contributed by atoms with van der Waals surface area (Å²) in [4.78, 5) is 36.0. The van der Waals surface area contributed by atoms with Gasteiger partial charge in [-0.05, 0) is 31.5 Å². The van der Waals surface area contributed by atoms with Crippen LogP contribution in [0.2, 0.25) is 0 Å². The Balaban J connectivity index is 2.17. The second-order valence-corrected chi connectivity index (χ2v) is 4.39. The summed E-state index contributed by atoms with van der Waals surface area (Å²) >= 11 is 0. The largest absolute Gasteiger partial charge is 0.306 e. The molecule has 1 saturated heterocycles. The minimum atomic E-state index is -0.456. The van der Waals surface area contributed by atoms with Gasteiger partial charge in [0.25, 0.3) is 5.91 Å². The lowest BCUT2D eigenvalue weighted by molar-refractivity contribution is -0.129. The maximum absolute atomic E-state index is 12.2. The Hall–Kier alpha value is -2.01. The van der Waals surface area contributed by atoms with E-state index in [9.17, 15) is 14.4 Å². The van der Waals surface area contributed by atoms with Crippen molar-refractivity contribution in [2.75, 3.05) is 13.1 Å². The van der Waals surface area contributed by atoms with Crippen LogP contribution in [-0.2, 0) is 9.59 Å². The number of carbonyl (C=O) groups excluding carboxylic acids is 3. The molecule has 1 aliphatic heterocycles. The van der Waals surface area contributed by atoms with Gasteiger partial charge >= 0.3 is 0 Å². The summed E-state index contributed by atoms with van der Waals surface area (Å²) in [7, 11) is 0. The molecule has 1 aromatic rings.